The number of thiazole rings is 1. The van der Waals surface area contributed by atoms with Crippen LogP contribution in [0.5, 0.6) is 0 Å². The van der Waals surface area contributed by atoms with Gasteiger partial charge in [-0.05, 0) is 31.3 Å². The average Bonchev–Trinajstić information content (AvgIpc) is 2.54. The topological polar surface area (TPSA) is 38.9 Å². The minimum Gasteiger partial charge on any atom is -0.319 e. The van der Waals surface area contributed by atoms with Crippen LogP contribution in [0.2, 0.25) is 0 Å². The Balaban J connectivity index is 2.22. The van der Waals surface area contributed by atoms with E-state index in [1.165, 1.54) is 11.5 Å². The van der Waals surface area contributed by atoms with Gasteiger partial charge in [0.1, 0.15) is 5.01 Å². The van der Waals surface area contributed by atoms with Gasteiger partial charge >= 0.3 is 0 Å². The molecular formula is C9H14N2S2. The maximum absolute atomic E-state index is 6.33. The molecule has 2 heterocycles. The van der Waals surface area contributed by atoms with Crippen molar-refractivity contribution in [3.63, 3.8) is 0 Å². The van der Waals surface area contributed by atoms with E-state index in [4.69, 9.17) is 5.73 Å². The summed E-state index contributed by atoms with van der Waals surface area (Å²) in [6, 6.07) is 0. The van der Waals surface area contributed by atoms with Gasteiger partial charge in [-0.25, -0.2) is 4.98 Å². The van der Waals surface area contributed by atoms with E-state index in [1.54, 1.807) is 11.3 Å². The Hall–Kier alpha value is -0.0600. The Bertz CT molecular complexity index is 290. The first-order valence-corrected chi connectivity index (χ1v) is 6.53. The molecule has 0 atom stereocenters. The number of hydrogen-bond donors (Lipinski definition) is 1. The summed E-state index contributed by atoms with van der Waals surface area (Å²) in [6.07, 6.45) is 2.15. The van der Waals surface area contributed by atoms with Gasteiger partial charge in [-0.1, -0.05) is 0 Å². The summed E-state index contributed by atoms with van der Waals surface area (Å²) in [7, 11) is 0. The largest absolute Gasteiger partial charge is 0.319 e. The molecule has 1 saturated heterocycles. The fourth-order valence-electron chi connectivity index (χ4n) is 1.53. The number of nitrogens with two attached hydrogens (primary N) is 1. The second-order valence-corrected chi connectivity index (χ2v) is 5.65. The summed E-state index contributed by atoms with van der Waals surface area (Å²) in [6.45, 7) is 2.03. The van der Waals surface area contributed by atoms with E-state index in [2.05, 4.69) is 10.4 Å². The van der Waals surface area contributed by atoms with Crippen LogP contribution in [0.25, 0.3) is 0 Å². The molecule has 2 rings (SSSR count). The van der Waals surface area contributed by atoms with Crippen LogP contribution in [-0.2, 0) is 5.54 Å². The van der Waals surface area contributed by atoms with Crippen LogP contribution in [0.15, 0.2) is 5.38 Å². The van der Waals surface area contributed by atoms with Gasteiger partial charge < -0.3 is 5.73 Å². The summed E-state index contributed by atoms with van der Waals surface area (Å²) in [5.74, 6) is 2.35. The van der Waals surface area contributed by atoms with Gasteiger partial charge in [0.25, 0.3) is 0 Å². The van der Waals surface area contributed by atoms with Gasteiger partial charge in [-0.2, -0.15) is 11.8 Å². The molecule has 0 unspecified atom stereocenters. The molecule has 0 aliphatic carbocycles. The smallest absolute Gasteiger partial charge is 0.113 e. The number of aryl methyl sites for hydroxylation is 1. The van der Waals surface area contributed by atoms with Crippen LogP contribution in [0.3, 0.4) is 0 Å². The summed E-state index contributed by atoms with van der Waals surface area (Å²) in [5, 5.41) is 3.22. The first kappa shape index (κ1) is 9.49. The van der Waals surface area contributed by atoms with Crippen LogP contribution in [0.1, 0.15) is 23.5 Å². The lowest BCUT2D eigenvalue weighted by molar-refractivity contribution is 0.408. The van der Waals surface area contributed by atoms with Crippen LogP contribution in [-0.4, -0.2) is 16.5 Å². The SMILES string of the molecule is Cc1csc(C2(N)CCSCC2)n1. The third-order valence-electron chi connectivity index (χ3n) is 2.43. The van der Waals surface area contributed by atoms with Crippen molar-refractivity contribution in [2.75, 3.05) is 11.5 Å². The molecule has 4 heteroatoms. The van der Waals surface area contributed by atoms with Gasteiger partial charge in [0.05, 0.1) is 5.54 Å². The van der Waals surface area contributed by atoms with Crippen LogP contribution in [0.4, 0.5) is 0 Å². The summed E-state index contributed by atoms with van der Waals surface area (Å²) in [5.41, 5.74) is 7.31. The highest BCUT2D eigenvalue weighted by atomic mass is 32.2. The molecule has 1 fully saturated rings. The predicted octanol–water partition coefficient (Wildman–Crippen LogP) is 2.13. The van der Waals surface area contributed by atoms with Crippen molar-refractivity contribution < 1.29 is 0 Å². The zero-order valence-electron chi connectivity index (χ0n) is 7.75. The lowest BCUT2D eigenvalue weighted by Crippen LogP contribution is -2.40. The first-order valence-electron chi connectivity index (χ1n) is 4.50. The van der Waals surface area contributed by atoms with Gasteiger partial charge in [0.15, 0.2) is 0 Å². The van der Waals surface area contributed by atoms with Gasteiger partial charge in [-0.15, -0.1) is 11.3 Å². The second kappa shape index (κ2) is 3.59. The van der Waals surface area contributed by atoms with Crippen LogP contribution >= 0.6 is 23.1 Å². The summed E-state index contributed by atoms with van der Waals surface area (Å²) >= 11 is 3.71. The standard InChI is InChI=1S/C9H14N2S2/c1-7-6-13-8(11-7)9(10)2-4-12-5-3-9/h6H,2-5,10H2,1H3. The number of rotatable bonds is 1. The Morgan fingerprint density at radius 3 is 2.69 bits per heavy atom. The molecule has 2 N–H and O–H groups in total. The summed E-state index contributed by atoms with van der Waals surface area (Å²) in [4.78, 5) is 4.49. The number of aromatic nitrogens is 1. The maximum atomic E-state index is 6.33. The van der Waals surface area contributed by atoms with E-state index in [0.29, 0.717) is 0 Å². The number of hydrogen-bond acceptors (Lipinski definition) is 4. The van der Waals surface area contributed by atoms with Crippen LogP contribution in [0, 0.1) is 6.92 Å². The molecule has 1 aromatic heterocycles. The third-order valence-corrected chi connectivity index (χ3v) is 4.60. The zero-order valence-corrected chi connectivity index (χ0v) is 9.38. The van der Waals surface area contributed by atoms with Crippen molar-refractivity contribution in [1.29, 1.82) is 0 Å². The molecular weight excluding hydrogens is 200 g/mol. The fraction of sp³-hybridized carbons (Fsp3) is 0.667. The molecule has 0 bridgehead atoms. The molecule has 0 amide bonds. The minimum atomic E-state index is -0.121. The zero-order chi connectivity index (χ0) is 9.31. The van der Waals surface area contributed by atoms with E-state index >= 15 is 0 Å². The third kappa shape index (κ3) is 1.90. The molecule has 0 radical (unpaired) electrons. The molecule has 0 spiro atoms. The van der Waals surface area contributed by atoms with E-state index in [1.807, 2.05) is 18.7 Å². The highest BCUT2D eigenvalue weighted by Gasteiger charge is 2.32. The van der Waals surface area contributed by atoms with Gasteiger partial charge in [0.2, 0.25) is 0 Å². The average molecular weight is 214 g/mol. The monoisotopic (exact) mass is 214 g/mol. The van der Waals surface area contributed by atoms with Crippen LogP contribution < -0.4 is 5.73 Å². The van der Waals surface area contributed by atoms with Crippen molar-refractivity contribution in [2.45, 2.75) is 25.3 Å². The molecule has 1 aliphatic rings. The van der Waals surface area contributed by atoms with E-state index < -0.39 is 0 Å². The molecule has 72 valence electrons. The number of thioether (sulfide) groups is 1. The van der Waals surface area contributed by atoms with Crippen molar-refractivity contribution in [3.05, 3.63) is 16.1 Å². The Kier molecular flexibility index (Phi) is 2.62. The van der Waals surface area contributed by atoms with E-state index in [-0.39, 0.29) is 5.54 Å². The molecule has 13 heavy (non-hydrogen) atoms. The van der Waals surface area contributed by atoms with Gasteiger partial charge in [0, 0.05) is 11.1 Å². The summed E-state index contributed by atoms with van der Waals surface area (Å²) < 4.78 is 0. The molecule has 1 aliphatic heterocycles. The molecule has 1 aromatic rings. The van der Waals surface area contributed by atoms with E-state index in [0.717, 1.165) is 23.5 Å². The fourth-order valence-corrected chi connectivity index (χ4v) is 3.72. The lowest BCUT2D eigenvalue weighted by Gasteiger charge is -2.30. The quantitative estimate of drug-likeness (QED) is 0.778. The van der Waals surface area contributed by atoms with E-state index in [9.17, 15) is 0 Å². The molecule has 0 saturated carbocycles. The van der Waals surface area contributed by atoms with Gasteiger partial charge in [-0.3, -0.25) is 0 Å². The Morgan fingerprint density at radius 1 is 1.46 bits per heavy atom. The Labute approximate surface area is 86.9 Å². The van der Waals surface area contributed by atoms with Crippen molar-refractivity contribution in [2.24, 2.45) is 5.73 Å². The molecule has 0 aromatic carbocycles. The highest BCUT2D eigenvalue weighted by Crippen LogP contribution is 2.34. The lowest BCUT2D eigenvalue weighted by atomic mass is 9.94. The minimum absolute atomic E-state index is 0.121. The highest BCUT2D eigenvalue weighted by molar-refractivity contribution is 7.99. The maximum Gasteiger partial charge on any atom is 0.113 e. The van der Waals surface area contributed by atoms with Crippen molar-refractivity contribution >= 4 is 23.1 Å². The van der Waals surface area contributed by atoms with Crippen molar-refractivity contribution in [3.8, 4) is 0 Å². The van der Waals surface area contributed by atoms with Crippen molar-refractivity contribution in [1.82, 2.24) is 4.98 Å². The Morgan fingerprint density at radius 2 is 2.15 bits per heavy atom. The predicted molar refractivity (Wildman–Crippen MR) is 59.3 cm³/mol. The molecule has 2 nitrogen and oxygen atoms in total. The normalized spacial score (nSPS) is 21.7. The first-order chi connectivity index (χ1) is 6.21. The second-order valence-electron chi connectivity index (χ2n) is 3.56. The number of nitrogens with zero attached hydrogens (tertiary/aromatic N) is 1.